The van der Waals surface area contributed by atoms with Crippen LogP contribution in [-0.4, -0.2) is 38.7 Å². The van der Waals surface area contributed by atoms with Crippen LogP contribution >= 0.6 is 34.5 Å². The van der Waals surface area contributed by atoms with E-state index in [0.717, 1.165) is 11.3 Å². The zero-order chi connectivity index (χ0) is 21.6. The molecule has 0 radical (unpaired) electrons. The SMILES string of the molecule is COC(=O)c1sc(NC(=O)CCCOc2ccc(Cl)cc2Cl)c(C(=O)OC)c1C. The van der Waals surface area contributed by atoms with E-state index in [1.54, 1.807) is 25.1 Å². The number of carbonyl (C=O) groups is 3. The third-order valence-electron chi connectivity index (χ3n) is 3.86. The predicted molar refractivity (Wildman–Crippen MR) is 112 cm³/mol. The number of carbonyl (C=O) groups excluding carboxylic acids is 3. The monoisotopic (exact) mass is 459 g/mol. The maximum absolute atomic E-state index is 12.3. The lowest BCUT2D eigenvalue weighted by Gasteiger charge is -2.09. The number of halogens is 2. The average Bonchev–Trinajstić information content (AvgIpc) is 3.01. The first-order chi connectivity index (χ1) is 13.8. The van der Waals surface area contributed by atoms with E-state index in [2.05, 4.69) is 5.32 Å². The highest BCUT2D eigenvalue weighted by atomic mass is 35.5. The van der Waals surface area contributed by atoms with Crippen LogP contribution in [0.3, 0.4) is 0 Å². The van der Waals surface area contributed by atoms with Gasteiger partial charge < -0.3 is 19.5 Å². The summed E-state index contributed by atoms with van der Waals surface area (Å²) in [5.74, 6) is -1.10. The molecule has 0 saturated carbocycles. The quantitative estimate of drug-likeness (QED) is 0.452. The average molecular weight is 460 g/mol. The molecular weight excluding hydrogens is 441 g/mol. The second-order valence-electron chi connectivity index (χ2n) is 5.82. The Labute approximate surface area is 181 Å². The van der Waals surface area contributed by atoms with Gasteiger partial charge in [0.1, 0.15) is 15.6 Å². The lowest BCUT2D eigenvalue weighted by molar-refractivity contribution is -0.116. The molecule has 29 heavy (non-hydrogen) atoms. The van der Waals surface area contributed by atoms with Gasteiger partial charge in [-0.1, -0.05) is 23.2 Å². The van der Waals surface area contributed by atoms with Gasteiger partial charge in [-0.3, -0.25) is 4.79 Å². The summed E-state index contributed by atoms with van der Waals surface area (Å²) in [7, 11) is 2.46. The summed E-state index contributed by atoms with van der Waals surface area (Å²) >= 11 is 12.8. The number of hydrogen-bond acceptors (Lipinski definition) is 7. The summed E-state index contributed by atoms with van der Waals surface area (Å²) in [6, 6.07) is 4.87. The first-order valence-corrected chi connectivity index (χ1v) is 10.0. The van der Waals surface area contributed by atoms with Gasteiger partial charge in [0.05, 0.1) is 31.4 Å². The fourth-order valence-corrected chi connectivity index (χ4v) is 4.03. The number of rotatable bonds is 8. The predicted octanol–water partition coefficient (Wildman–Crippen LogP) is 4.73. The van der Waals surface area contributed by atoms with Crippen LogP contribution in [0, 0.1) is 6.92 Å². The number of methoxy groups -OCH3 is 2. The normalized spacial score (nSPS) is 10.4. The molecule has 0 atom stereocenters. The first kappa shape index (κ1) is 23.0. The number of anilines is 1. The van der Waals surface area contributed by atoms with E-state index in [-0.39, 0.29) is 34.4 Å². The van der Waals surface area contributed by atoms with E-state index in [1.807, 2.05) is 0 Å². The van der Waals surface area contributed by atoms with Gasteiger partial charge in [0, 0.05) is 11.4 Å². The van der Waals surface area contributed by atoms with E-state index < -0.39 is 11.9 Å². The third kappa shape index (κ3) is 5.85. The Balaban J connectivity index is 1.99. The summed E-state index contributed by atoms with van der Waals surface area (Å²) in [6.45, 7) is 1.85. The number of hydrogen-bond donors (Lipinski definition) is 1. The molecule has 0 unspecified atom stereocenters. The molecule has 0 spiro atoms. The molecule has 1 heterocycles. The summed E-state index contributed by atoms with van der Waals surface area (Å²) in [6.07, 6.45) is 0.545. The van der Waals surface area contributed by atoms with Crippen molar-refractivity contribution < 1.29 is 28.6 Å². The molecular formula is C19H19Cl2NO6S. The minimum atomic E-state index is -0.648. The molecule has 2 rings (SSSR count). The van der Waals surface area contributed by atoms with Crippen LogP contribution < -0.4 is 10.1 Å². The second kappa shape index (κ2) is 10.5. The van der Waals surface area contributed by atoms with Crippen molar-refractivity contribution in [3.8, 4) is 5.75 Å². The molecule has 1 aromatic heterocycles. The summed E-state index contributed by atoms with van der Waals surface area (Å²) < 4.78 is 15.0. The molecule has 10 heteroatoms. The van der Waals surface area contributed by atoms with Crippen molar-refractivity contribution in [3.63, 3.8) is 0 Å². The largest absolute Gasteiger partial charge is 0.492 e. The van der Waals surface area contributed by atoms with Crippen LogP contribution in [0.1, 0.15) is 38.4 Å². The fourth-order valence-electron chi connectivity index (χ4n) is 2.43. The highest BCUT2D eigenvalue weighted by molar-refractivity contribution is 7.18. The minimum Gasteiger partial charge on any atom is -0.492 e. The van der Waals surface area contributed by atoms with E-state index in [1.165, 1.54) is 14.2 Å². The summed E-state index contributed by atoms with van der Waals surface area (Å²) in [4.78, 5) is 36.5. The zero-order valence-electron chi connectivity index (χ0n) is 16.0. The van der Waals surface area contributed by atoms with Crippen molar-refractivity contribution >= 4 is 57.4 Å². The smallest absolute Gasteiger partial charge is 0.348 e. The molecule has 1 amide bonds. The van der Waals surface area contributed by atoms with Gasteiger partial charge in [-0.05, 0) is 37.1 Å². The number of esters is 2. The van der Waals surface area contributed by atoms with Crippen LogP contribution in [0.25, 0.3) is 0 Å². The molecule has 7 nitrogen and oxygen atoms in total. The topological polar surface area (TPSA) is 90.9 Å². The molecule has 0 bridgehead atoms. The fraction of sp³-hybridized carbons (Fsp3) is 0.316. The Kier molecular flexibility index (Phi) is 8.31. The van der Waals surface area contributed by atoms with Gasteiger partial charge in [-0.25, -0.2) is 9.59 Å². The molecule has 0 saturated heterocycles. The Bertz CT molecular complexity index is 928. The Hall–Kier alpha value is -2.29. The van der Waals surface area contributed by atoms with Crippen LogP contribution in [0.15, 0.2) is 18.2 Å². The Morgan fingerprint density at radius 1 is 1.10 bits per heavy atom. The van der Waals surface area contributed by atoms with Gasteiger partial charge in [-0.15, -0.1) is 11.3 Å². The van der Waals surface area contributed by atoms with Gasteiger partial charge in [0.2, 0.25) is 5.91 Å². The second-order valence-corrected chi connectivity index (χ2v) is 7.68. The zero-order valence-corrected chi connectivity index (χ0v) is 18.3. The highest BCUT2D eigenvalue weighted by Crippen LogP contribution is 2.34. The Morgan fingerprint density at radius 3 is 2.41 bits per heavy atom. The first-order valence-electron chi connectivity index (χ1n) is 8.46. The van der Waals surface area contributed by atoms with Crippen molar-refractivity contribution in [2.75, 3.05) is 26.1 Å². The van der Waals surface area contributed by atoms with Crippen LogP contribution in [0.5, 0.6) is 5.75 Å². The van der Waals surface area contributed by atoms with Crippen molar-refractivity contribution in [1.82, 2.24) is 0 Å². The van der Waals surface area contributed by atoms with Crippen molar-refractivity contribution in [3.05, 3.63) is 44.2 Å². The molecule has 0 aliphatic rings. The van der Waals surface area contributed by atoms with E-state index >= 15 is 0 Å². The number of nitrogens with one attached hydrogen (secondary N) is 1. The summed E-state index contributed by atoms with van der Waals surface area (Å²) in [5, 5.41) is 3.78. The van der Waals surface area contributed by atoms with E-state index in [4.69, 9.17) is 37.4 Å². The molecule has 156 valence electrons. The highest BCUT2D eigenvalue weighted by Gasteiger charge is 2.26. The number of benzene rings is 1. The van der Waals surface area contributed by atoms with Gasteiger partial charge in [-0.2, -0.15) is 0 Å². The Morgan fingerprint density at radius 2 is 1.79 bits per heavy atom. The summed E-state index contributed by atoms with van der Waals surface area (Å²) in [5.41, 5.74) is 0.528. The van der Waals surface area contributed by atoms with Gasteiger partial charge in [0.15, 0.2) is 0 Å². The molecule has 0 fully saturated rings. The van der Waals surface area contributed by atoms with Gasteiger partial charge in [0.25, 0.3) is 0 Å². The van der Waals surface area contributed by atoms with Gasteiger partial charge >= 0.3 is 11.9 Å². The van der Waals surface area contributed by atoms with Crippen LogP contribution in [0.2, 0.25) is 10.0 Å². The molecule has 0 aliphatic carbocycles. The number of thiophene rings is 1. The maximum Gasteiger partial charge on any atom is 0.348 e. The lowest BCUT2D eigenvalue weighted by atomic mass is 10.1. The molecule has 1 aromatic carbocycles. The number of amides is 1. The number of ether oxygens (including phenoxy) is 3. The van der Waals surface area contributed by atoms with Crippen molar-refractivity contribution in [2.45, 2.75) is 19.8 Å². The van der Waals surface area contributed by atoms with Crippen molar-refractivity contribution in [2.24, 2.45) is 0 Å². The standard InChI is InChI=1S/C19H19Cl2NO6S/c1-10-15(18(24)26-2)17(29-16(10)19(25)27-3)22-14(23)5-4-8-28-13-7-6-11(20)9-12(13)21/h6-7,9H,4-5,8H2,1-3H3,(H,22,23). The maximum atomic E-state index is 12.3. The lowest BCUT2D eigenvalue weighted by Crippen LogP contribution is -2.15. The molecule has 1 N–H and O–H groups in total. The molecule has 2 aromatic rings. The van der Waals surface area contributed by atoms with E-state index in [0.29, 0.717) is 27.8 Å². The van der Waals surface area contributed by atoms with E-state index in [9.17, 15) is 14.4 Å². The third-order valence-corrected chi connectivity index (χ3v) is 5.58. The molecule has 0 aliphatic heterocycles. The van der Waals surface area contributed by atoms with Crippen molar-refractivity contribution in [1.29, 1.82) is 0 Å². The van der Waals surface area contributed by atoms with Crippen LogP contribution in [-0.2, 0) is 14.3 Å². The minimum absolute atomic E-state index is 0.135. The van der Waals surface area contributed by atoms with Crippen LogP contribution in [0.4, 0.5) is 5.00 Å².